The van der Waals surface area contributed by atoms with Gasteiger partial charge in [-0.3, -0.25) is 0 Å². The predicted molar refractivity (Wildman–Crippen MR) is 81.5 cm³/mol. The minimum atomic E-state index is -0.707. The molecule has 4 nitrogen and oxygen atoms in total. The lowest BCUT2D eigenvalue weighted by Crippen LogP contribution is -2.04. The zero-order valence-corrected chi connectivity index (χ0v) is 12.0. The molecule has 5 heteroatoms. The minimum absolute atomic E-state index is 0.452. The summed E-state index contributed by atoms with van der Waals surface area (Å²) in [4.78, 5) is 1.51. The highest BCUT2D eigenvalue weighted by Gasteiger charge is 2.13. The van der Waals surface area contributed by atoms with Crippen molar-refractivity contribution in [2.24, 2.45) is 0 Å². The molecule has 1 aromatic heterocycles. The van der Waals surface area contributed by atoms with E-state index in [2.05, 4.69) is 10.2 Å². The van der Waals surface area contributed by atoms with Crippen LogP contribution in [0.3, 0.4) is 0 Å². The standard InChI is InChI=1S/C16H14ClN3O/c17-13-6-4-5-12(9-13)10-16(21)15-11-18-20(19-15)14-7-2-1-3-8-14/h1-9,11,16,21H,10H2. The average molecular weight is 300 g/mol. The Hall–Kier alpha value is -2.17. The number of para-hydroxylation sites is 1. The lowest BCUT2D eigenvalue weighted by Gasteiger charge is -2.07. The van der Waals surface area contributed by atoms with E-state index in [0.29, 0.717) is 17.1 Å². The second-order valence-electron chi connectivity index (χ2n) is 4.74. The van der Waals surface area contributed by atoms with Crippen molar-refractivity contribution in [2.45, 2.75) is 12.5 Å². The highest BCUT2D eigenvalue weighted by atomic mass is 35.5. The van der Waals surface area contributed by atoms with E-state index in [0.717, 1.165) is 11.3 Å². The van der Waals surface area contributed by atoms with Crippen LogP contribution in [0.1, 0.15) is 17.4 Å². The third-order valence-corrected chi connectivity index (χ3v) is 3.39. The van der Waals surface area contributed by atoms with Crippen molar-refractivity contribution in [1.82, 2.24) is 15.0 Å². The summed E-state index contributed by atoms with van der Waals surface area (Å²) >= 11 is 5.94. The molecule has 0 saturated heterocycles. The minimum Gasteiger partial charge on any atom is -0.386 e. The van der Waals surface area contributed by atoms with E-state index in [4.69, 9.17) is 11.6 Å². The van der Waals surface area contributed by atoms with Crippen LogP contribution >= 0.6 is 11.6 Å². The van der Waals surface area contributed by atoms with Crippen molar-refractivity contribution in [3.05, 3.63) is 77.1 Å². The summed E-state index contributed by atoms with van der Waals surface area (Å²) in [5.41, 5.74) is 2.36. The molecule has 3 rings (SSSR count). The molecule has 1 heterocycles. The maximum atomic E-state index is 10.3. The van der Waals surface area contributed by atoms with Crippen LogP contribution in [-0.2, 0) is 6.42 Å². The van der Waals surface area contributed by atoms with Gasteiger partial charge in [-0.2, -0.15) is 15.0 Å². The van der Waals surface area contributed by atoms with Crippen molar-refractivity contribution < 1.29 is 5.11 Å². The molecule has 0 radical (unpaired) electrons. The molecule has 2 aromatic carbocycles. The quantitative estimate of drug-likeness (QED) is 0.805. The van der Waals surface area contributed by atoms with Gasteiger partial charge in [0.15, 0.2) is 0 Å². The number of aliphatic hydroxyl groups excluding tert-OH is 1. The lowest BCUT2D eigenvalue weighted by atomic mass is 10.1. The number of hydrogen-bond acceptors (Lipinski definition) is 3. The highest BCUT2D eigenvalue weighted by Crippen LogP contribution is 2.19. The van der Waals surface area contributed by atoms with Crippen LogP contribution < -0.4 is 0 Å². The molecular weight excluding hydrogens is 286 g/mol. The van der Waals surface area contributed by atoms with E-state index < -0.39 is 6.10 Å². The lowest BCUT2D eigenvalue weighted by molar-refractivity contribution is 0.173. The Morgan fingerprint density at radius 2 is 1.90 bits per heavy atom. The van der Waals surface area contributed by atoms with E-state index in [1.165, 1.54) is 4.80 Å². The number of hydrogen-bond donors (Lipinski definition) is 1. The first-order valence-corrected chi connectivity index (χ1v) is 7.00. The normalized spacial score (nSPS) is 12.3. The topological polar surface area (TPSA) is 50.9 Å². The molecule has 0 fully saturated rings. The van der Waals surface area contributed by atoms with Gasteiger partial charge in [0.25, 0.3) is 0 Å². The molecule has 21 heavy (non-hydrogen) atoms. The maximum absolute atomic E-state index is 10.3. The van der Waals surface area contributed by atoms with Gasteiger partial charge in [-0.25, -0.2) is 0 Å². The second-order valence-corrected chi connectivity index (χ2v) is 5.18. The van der Waals surface area contributed by atoms with Gasteiger partial charge < -0.3 is 5.11 Å². The van der Waals surface area contributed by atoms with Crippen molar-refractivity contribution in [2.75, 3.05) is 0 Å². The molecule has 106 valence electrons. The van der Waals surface area contributed by atoms with Gasteiger partial charge in [0, 0.05) is 11.4 Å². The maximum Gasteiger partial charge on any atom is 0.112 e. The van der Waals surface area contributed by atoms with Crippen LogP contribution in [0.4, 0.5) is 0 Å². The van der Waals surface area contributed by atoms with Crippen LogP contribution in [0.5, 0.6) is 0 Å². The molecule has 0 saturated carbocycles. The Bertz CT molecular complexity index is 727. The molecule has 0 aliphatic heterocycles. The van der Waals surface area contributed by atoms with Crippen molar-refractivity contribution >= 4 is 11.6 Å². The van der Waals surface area contributed by atoms with Crippen LogP contribution in [0.15, 0.2) is 60.8 Å². The molecule has 0 aliphatic carbocycles. The zero-order chi connectivity index (χ0) is 14.7. The summed E-state index contributed by atoms with van der Waals surface area (Å²) in [5.74, 6) is 0. The van der Waals surface area contributed by atoms with Gasteiger partial charge in [-0.05, 0) is 29.8 Å². The number of aromatic nitrogens is 3. The largest absolute Gasteiger partial charge is 0.386 e. The summed E-state index contributed by atoms with van der Waals surface area (Å²) in [7, 11) is 0. The van der Waals surface area contributed by atoms with E-state index in [1.807, 2.05) is 54.6 Å². The van der Waals surface area contributed by atoms with Gasteiger partial charge >= 0.3 is 0 Å². The molecule has 0 spiro atoms. The van der Waals surface area contributed by atoms with E-state index in [9.17, 15) is 5.11 Å². The Morgan fingerprint density at radius 1 is 1.10 bits per heavy atom. The molecule has 0 aliphatic rings. The summed E-state index contributed by atoms with van der Waals surface area (Å²) in [6.45, 7) is 0. The molecule has 0 bridgehead atoms. The number of nitrogens with zero attached hydrogens (tertiary/aromatic N) is 3. The first-order chi connectivity index (χ1) is 10.2. The van der Waals surface area contributed by atoms with Crippen LogP contribution in [0.25, 0.3) is 5.69 Å². The zero-order valence-electron chi connectivity index (χ0n) is 11.2. The molecule has 3 aromatic rings. The monoisotopic (exact) mass is 299 g/mol. The number of rotatable bonds is 4. The van der Waals surface area contributed by atoms with E-state index in [1.54, 1.807) is 6.20 Å². The second kappa shape index (κ2) is 6.08. The van der Waals surface area contributed by atoms with Gasteiger partial charge in [0.05, 0.1) is 11.9 Å². The molecule has 1 unspecified atom stereocenters. The SMILES string of the molecule is OC(Cc1cccc(Cl)c1)c1cnn(-c2ccccc2)n1. The summed E-state index contributed by atoms with van der Waals surface area (Å²) in [6.07, 6.45) is 1.33. The van der Waals surface area contributed by atoms with Crippen molar-refractivity contribution in [3.63, 3.8) is 0 Å². The van der Waals surface area contributed by atoms with Gasteiger partial charge in [0.2, 0.25) is 0 Å². The molecule has 1 atom stereocenters. The highest BCUT2D eigenvalue weighted by molar-refractivity contribution is 6.30. The smallest absolute Gasteiger partial charge is 0.112 e. The Kier molecular flexibility index (Phi) is 3.99. The van der Waals surface area contributed by atoms with Gasteiger partial charge in [-0.1, -0.05) is 41.9 Å². The fourth-order valence-electron chi connectivity index (χ4n) is 2.11. The Balaban J connectivity index is 1.77. The summed E-state index contributed by atoms with van der Waals surface area (Å²) in [6, 6.07) is 17.0. The van der Waals surface area contributed by atoms with Crippen molar-refractivity contribution in [1.29, 1.82) is 0 Å². The fourth-order valence-corrected chi connectivity index (χ4v) is 2.32. The van der Waals surface area contributed by atoms with Crippen LogP contribution in [0, 0.1) is 0 Å². The van der Waals surface area contributed by atoms with Crippen LogP contribution in [0.2, 0.25) is 5.02 Å². The van der Waals surface area contributed by atoms with Gasteiger partial charge in [-0.15, -0.1) is 0 Å². The summed E-state index contributed by atoms with van der Waals surface area (Å²) < 4.78 is 0. The number of aliphatic hydroxyl groups is 1. The van der Waals surface area contributed by atoms with E-state index >= 15 is 0 Å². The predicted octanol–water partition coefficient (Wildman–Crippen LogP) is 3.20. The Labute approximate surface area is 127 Å². The van der Waals surface area contributed by atoms with Crippen LogP contribution in [-0.4, -0.2) is 20.1 Å². The third kappa shape index (κ3) is 3.29. The number of benzene rings is 2. The third-order valence-electron chi connectivity index (χ3n) is 3.16. The first kappa shape index (κ1) is 13.8. The Morgan fingerprint density at radius 3 is 2.67 bits per heavy atom. The van der Waals surface area contributed by atoms with Gasteiger partial charge in [0.1, 0.15) is 11.8 Å². The fraction of sp³-hybridized carbons (Fsp3) is 0.125. The van der Waals surface area contributed by atoms with E-state index in [-0.39, 0.29) is 0 Å². The number of halogens is 1. The van der Waals surface area contributed by atoms with Crippen molar-refractivity contribution in [3.8, 4) is 5.69 Å². The molecular formula is C16H14ClN3O. The first-order valence-electron chi connectivity index (χ1n) is 6.62. The molecule has 1 N–H and O–H groups in total. The molecule has 0 amide bonds. The summed E-state index contributed by atoms with van der Waals surface area (Å²) in [5, 5.41) is 19.4. The average Bonchev–Trinajstić information content (AvgIpc) is 2.98.